The average Bonchev–Trinajstić information content (AvgIpc) is 2.58. The van der Waals surface area contributed by atoms with Crippen LogP contribution in [-0.4, -0.2) is 0 Å². The predicted molar refractivity (Wildman–Crippen MR) is 98.0 cm³/mol. The SMILES string of the molecule is Nc1cccc(CP(c2ccccc2)c2ccccc2)c1N. The molecule has 0 fully saturated rings. The summed E-state index contributed by atoms with van der Waals surface area (Å²) in [6.07, 6.45) is 0.903. The molecular weight excluding hydrogens is 287 g/mol. The third-order valence-corrected chi connectivity index (χ3v) is 6.19. The van der Waals surface area contributed by atoms with Gasteiger partial charge < -0.3 is 11.5 Å². The van der Waals surface area contributed by atoms with Crippen LogP contribution in [0.2, 0.25) is 0 Å². The van der Waals surface area contributed by atoms with Crippen molar-refractivity contribution >= 4 is 29.9 Å². The maximum Gasteiger partial charge on any atom is 0.0584 e. The van der Waals surface area contributed by atoms with Gasteiger partial charge >= 0.3 is 0 Å². The molecule has 0 aliphatic carbocycles. The number of benzene rings is 3. The van der Waals surface area contributed by atoms with Gasteiger partial charge in [0, 0.05) is 6.16 Å². The summed E-state index contributed by atoms with van der Waals surface area (Å²) < 4.78 is 0. The van der Waals surface area contributed by atoms with Crippen molar-refractivity contribution in [3.8, 4) is 0 Å². The number of rotatable bonds is 4. The second kappa shape index (κ2) is 6.64. The second-order valence-electron chi connectivity index (χ2n) is 5.18. The zero-order chi connectivity index (χ0) is 15.4. The quantitative estimate of drug-likeness (QED) is 0.573. The fourth-order valence-electron chi connectivity index (χ4n) is 2.49. The number of anilines is 2. The Hall–Kier alpha value is -2.31. The van der Waals surface area contributed by atoms with E-state index >= 15 is 0 Å². The van der Waals surface area contributed by atoms with E-state index in [1.165, 1.54) is 10.6 Å². The van der Waals surface area contributed by atoms with Crippen molar-refractivity contribution in [2.24, 2.45) is 0 Å². The van der Waals surface area contributed by atoms with Crippen LogP contribution >= 0.6 is 7.92 Å². The van der Waals surface area contributed by atoms with Gasteiger partial charge in [0.05, 0.1) is 11.4 Å². The van der Waals surface area contributed by atoms with Crippen LogP contribution in [0.1, 0.15) is 5.56 Å². The Labute approximate surface area is 132 Å². The van der Waals surface area contributed by atoms with Crippen molar-refractivity contribution in [1.29, 1.82) is 0 Å². The van der Waals surface area contributed by atoms with E-state index in [2.05, 4.69) is 66.7 Å². The van der Waals surface area contributed by atoms with Crippen LogP contribution in [0.15, 0.2) is 78.9 Å². The number of hydrogen-bond acceptors (Lipinski definition) is 2. The molecule has 2 nitrogen and oxygen atoms in total. The summed E-state index contributed by atoms with van der Waals surface area (Å²) in [4.78, 5) is 0. The van der Waals surface area contributed by atoms with E-state index in [0.717, 1.165) is 11.7 Å². The zero-order valence-corrected chi connectivity index (χ0v) is 13.2. The molecule has 0 unspecified atom stereocenters. The monoisotopic (exact) mass is 306 g/mol. The normalized spacial score (nSPS) is 10.8. The smallest absolute Gasteiger partial charge is 0.0584 e. The van der Waals surface area contributed by atoms with Gasteiger partial charge in [-0.1, -0.05) is 72.8 Å². The van der Waals surface area contributed by atoms with Crippen LogP contribution in [0, 0.1) is 0 Å². The largest absolute Gasteiger partial charge is 0.397 e. The number of nitrogens with two attached hydrogens (primary N) is 2. The summed E-state index contributed by atoms with van der Waals surface area (Å²) in [5.74, 6) is 0. The average molecular weight is 306 g/mol. The summed E-state index contributed by atoms with van der Waals surface area (Å²) >= 11 is 0. The van der Waals surface area contributed by atoms with Crippen molar-refractivity contribution < 1.29 is 0 Å². The highest BCUT2D eigenvalue weighted by atomic mass is 31.1. The molecular formula is C19H19N2P. The van der Waals surface area contributed by atoms with Gasteiger partial charge in [-0.25, -0.2) is 0 Å². The van der Waals surface area contributed by atoms with Crippen LogP contribution in [0.4, 0.5) is 11.4 Å². The van der Waals surface area contributed by atoms with Crippen LogP contribution in [0.5, 0.6) is 0 Å². The molecule has 0 spiro atoms. The van der Waals surface area contributed by atoms with Crippen molar-refractivity contribution in [3.63, 3.8) is 0 Å². The van der Waals surface area contributed by atoms with Crippen molar-refractivity contribution in [3.05, 3.63) is 84.4 Å². The Balaban J connectivity index is 2.01. The van der Waals surface area contributed by atoms with E-state index in [-0.39, 0.29) is 0 Å². The summed E-state index contributed by atoms with van der Waals surface area (Å²) in [5.41, 5.74) is 14.6. The fraction of sp³-hybridized carbons (Fsp3) is 0.0526. The minimum absolute atomic E-state index is 0.491. The van der Waals surface area contributed by atoms with E-state index in [1.807, 2.05) is 12.1 Å². The highest BCUT2D eigenvalue weighted by Crippen LogP contribution is 2.40. The topological polar surface area (TPSA) is 52.0 Å². The van der Waals surface area contributed by atoms with E-state index in [9.17, 15) is 0 Å². The number of nitrogen functional groups attached to an aromatic ring is 2. The Morgan fingerprint density at radius 3 is 1.73 bits per heavy atom. The van der Waals surface area contributed by atoms with Gasteiger partial charge in [-0.15, -0.1) is 0 Å². The molecule has 0 atom stereocenters. The fourth-order valence-corrected chi connectivity index (χ4v) is 4.83. The third-order valence-electron chi connectivity index (χ3n) is 3.69. The van der Waals surface area contributed by atoms with Gasteiger partial charge in [-0.05, 0) is 30.2 Å². The molecule has 3 aromatic rings. The molecule has 22 heavy (non-hydrogen) atoms. The lowest BCUT2D eigenvalue weighted by atomic mass is 10.2. The van der Waals surface area contributed by atoms with Gasteiger partial charge in [0.15, 0.2) is 0 Å². The van der Waals surface area contributed by atoms with E-state index in [1.54, 1.807) is 0 Å². The zero-order valence-electron chi connectivity index (χ0n) is 12.3. The first-order chi connectivity index (χ1) is 10.8. The summed E-state index contributed by atoms with van der Waals surface area (Å²) in [6.45, 7) is 0. The Bertz CT molecular complexity index is 702. The maximum absolute atomic E-state index is 6.17. The molecule has 0 radical (unpaired) electrons. The first-order valence-corrected chi connectivity index (χ1v) is 8.79. The lowest BCUT2D eigenvalue weighted by molar-refractivity contribution is 1.40. The highest BCUT2D eigenvalue weighted by Gasteiger charge is 2.16. The minimum Gasteiger partial charge on any atom is -0.397 e. The molecule has 0 saturated heterocycles. The molecule has 0 saturated carbocycles. The molecule has 0 aromatic heterocycles. The lowest BCUT2D eigenvalue weighted by Crippen LogP contribution is -2.13. The van der Waals surface area contributed by atoms with E-state index in [4.69, 9.17) is 11.5 Å². The van der Waals surface area contributed by atoms with E-state index < -0.39 is 7.92 Å². The van der Waals surface area contributed by atoms with Gasteiger partial charge in [-0.3, -0.25) is 0 Å². The van der Waals surface area contributed by atoms with E-state index in [0.29, 0.717) is 11.4 Å². The Kier molecular flexibility index (Phi) is 4.41. The van der Waals surface area contributed by atoms with Gasteiger partial charge in [-0.2, -0.15) is 0 Å². The Morgan fingerprint density at radius 2 is 1.18 bits per heavy atom. The highest BCUT2D eigenvalue weighted by molar-refractivity contribution is 7.72. The summed E-state index contributed by atoms with van der Waals surface area (Å²) in [6, 6.07) is 27.2. The predicted octanol–water partition coefficient (Wildman–Crippen LogP) is 3.48. The number of hydrogen-bond donors (Lipinski definition) is 2. The molecule has 3 aromatic carbocycles. The summed E-state index contributed by atoms with van der Waals surface area (Å²) in [5, 5.41) is 2.70. The van der Waals surface area contributed by atoms with Crippen molar-refractivity contribution in [2.75, 3.05) is 11.5 Å². The lowest BCUT2D eigenvalue weighted by Gasteiger charge is -2.20. The van der Waals surface area contributed by atoms with Crippen LogP contribution in [-0.2, 0) is 6.16 Å². The number of para-hydroxylation sites is 1. The van der Waals surface area contributed by atoms with Gasteiger partial charge in [0.25, 0.3) is 0 Å². The molecule has 4 N–H and O–H groups in total. The standard InChI is InChI=1S/C19H19N2P/c20-18-13-7-8-15(19(18)21)14-22(16-9-3-1-4-10-16)17-11-5-2-6-12-17/h1-13H,14,20-21H2. The maximum atomic E-state index is 6.17. The van der Waals surface area contributed by atoms with Crippen LogP contribution in [0.25, 0.3) is 0 Å². The molecule has 0 heterocycles. The molecule has 0 amide bonds. The van der Waals surface area contributed by atoms with Gasteiger partial charge in [0.1, 0.15) is 0 Å². The molecule has 110 valence electrons. The van der Waals surface area contributed by atoms with Crippen LogP contribution < -0.4 is 22.1 Å². The summed E-state index contributed by atoms with van der Waals surface area (Å²) in [7, 11) is -0.491. The molecule has 0 bridgehead atoms. The van der Waals surface area contributed by atoms with Crippen molar-refractivity contribution in [2.45, 2.75) is 6.16 Å². The van der Waals surface area contributed by atoms with Crippen LogP contribution in [0.3, 0.4) is 0 Å². The minimum atomic E-state index is -0.491. The molecule has 0 aliphatic rings. The molecule has 3 heteroatoms. The first-order valence-electron chi connectivity index (χ1n) is 7.26. The molecule has 3 rings (SSSR count). The first kappa shape index (κ1) is 14.6. The Morgan fingerprint density at radius 1 is 0.636 bits per heavy atom. The molecule has 0 aliphatic heterocycles. The second-order valence-corrected chi connectivity index (χ2v) is 7.38. The van der Waals surface area contributed by atoms with Crippen molar-refractivity contribution in [1.82, 2.24) is 0 Å². The van der Waals surface area contributed by atoms with Gasteiger partial charge in [0.2, 0.25) is 0 Å². The third kappa shape index (κ3) is 3.13.